The highest BCUT2D eigenvalue weighted by atomic mass is 16.5. The molecule has 2 amide bonds. The zero-order valence-electron chi connectivity index (χ0n) is 12.9. The number of carbonyl (C=O) groups excluding carboxylic acids is 2. The van der Waals surface area contributed by atoms with Gasteiger partial charge in [0.15, 0.2) is 6.61 Å². The van der Waals surface area contributed by atoms with Crippen molar-refractivity contribution in [2.24, 2.45) is 0 Å². The second-order valence-electron chi connectivity index (χ2n) is 4.81. The van der Waals surface area contributed by atoms with Crippen LogP contribution in [0.25, 0.3) is 0 Å². The van der Waals surface area contributed by atoms with E-state index in [4.69, 9.17) is 4.74 Å². The van der Waals surface area contributed by atoms with Gasteiger partial charge in [-0.15, -0.1) is 0 Å². The molecular weight excluding hydrogens is 294 g/mol. The monoisotopic (exact) mass is 313 g/mol. The maximum atomic E-state index is 11.8. The van der Waals surface area contributed by atoms with E-state index in [1.807, 2.05) is 48.5 Å². The molecule has 0 fully saturated rings. The fraction of sp³-hybridized carbons (Fsp3) is 0.176. The molecule has 120 valence electrons. The van der Waals surface area contributed by atoms with Crippen molar-refractivity contribution >= 4 is 17.5 Å². The minimum absolute atomic E-state index is 0.117. The molecule has 0 aliphatic rings. The normalized spacial score (nSPS) is 9.78. The van der Waals surface area contributed by atoms with Crippen molar-refractivity contribution in [1.29, 1.82) is 0 Å². The smallest absolute Gasteiger partial charge is 0.258 e. The van der Waals surface area contributed by atoms with Gasteiger partial charge in [0.25, 0.3) is 11.8 Å². The van der Waals surface area contributed by atoms with Gasteiger partial charge in [-0.05, 0) is 24.3 Å². The van der Waals surface area contributed by atoms with Gasteiger partial charge in [-0.1, -0.05) is 36.4 Å². The Hall–Kier alpha value is -3.02. The van der Waals surface area contributed by atoms with E-state index in [-0.39, 0.29) is 25.0 Å². The van der Waals surface area contributed by atoms with Crippen molar-refractivity contribution in [2.75, 3.05) is 25.2 Å². The average molecular weight is 313 g/mol. The van der Waals surface area contributed by atoms with Gasteiger partial charge in [0.05, 0.1) is 12.2 Å². The van der Waals surface area contributed by atoms with Crippen molar-refractivity contribution in [1.82, 2.24) is 10.7 Å². The first-order valence-electron chi connectivity index (χ1n) is 7.18. The molecule has 2 N–H and O–H groups in total. The number of para-hydroxylation sites is 2. The lowest BCUT2D eigenvalue weighted by Gasteiger charge is -2.20. The van der Waals surface area contributed by atoms with Crippen LogP contribution in [-0.2, 0) is 9.59 Å². The van der Waals surface area contributed by atoms with Crippen LogP contribution in [0.4, 0.5) is 5.69 Å². The third-order valence-electron chi connectivity index (χ3n) is 3.00. The first-order chi connectivity index (χ1) is 11.1. The molecule has 0 bridgehead atoms. The highest BCUT2D eigenvalue weighted by molar-refractivity contribution is 5.86. The topological polar surface area (TPSA) is 70.7 Å². The standard InChI is InChI=1S/C17H19N3O3/c1-20(14-8-4-2-5-9-14)19-16(21)12-18-17(22)13-23-15-10-6-3-7-11-15/h2-11H,12-13H2,1H3,(H,18,22)(H,19,21). The first-order valence-corrected chi connectivity index (χ1v) is 7.18. The summed E-state index contributed by atoms with van der Waals surface area (Å²) in [4.78, 5) is 23.4. The zero-order valence-corrected chi connectivity index (χ0v) is 12.9. The van der Waals surface area contributed by atoms with Crippen LogP contribution in [0.3, 0.4) is 0 Å². The Labute approximate surface area is 135 Å². The van der Waals surface area contributed by atoms with Gasteiger partial charge in [0, 0.05) is 7.05 Å². The Morgan fingerprint density at radius 1 is 0.957 bits per heavy atom. The maximum absolute atomic E-state index is 11.8. The van der Waals surface area contributed by atoms with Crippen LogP contribution in [0, 0.1) is 0 Å². The van der Waals surface area contributed by atoms with Crippen LogP contribution in [0.5, 0.6) is 5.75 Å². The molecule has 0 radical (unpaired) electrons. The van der Waals surface area contributed by atoms with E-state index in [0.717, 1.165) is 5.69 Å². The largest absolute Gasteiger partial charge is 0.484 e. The van der Waals surface area contributed by atoms with Crippen LogP contribution in [0.15, 0.2) is 60.7 Å². The number of hydrogen-bond donors (Lipinski definition) is 2. The van der Waals surface area contributed by atoms with Crippen LogP contribution in [0.2, 0.25) is 0 Å². The van der Waals surface area contributed by atoms with E-state index in [1.54, 1.807) is 24.2 Å². The molecule has 0 heterocycles. The maximum Gasteiger partial charge on any atom is 0.258 e. The molecule has 0 aliphatic carbocycles. The van der Waals surface area contributed by atoms with E-state index in [1.165, 1.54) is 0 Å². The van der Waals surface area contributed by atoms with E-state index in [9.17, 15) is 9.59 Å². The molecule has 0 unspecified atom stereocenters. The number of amides is 2. The summed E-state index contributed by atoms with van der Waals surface area (Å²) >= 11 is 0. The minimum Gasteiger partial charge on any atom is -0.484 e. The highest BCUT2D eigenvalue weighted by Gasteiger charge is 2.08. The fourth-order valence-corrected chi connectivity index (χ4v) is 1.84. The summed E-state index contributed by atoms with van der Waals surface area (Å²) < 4.78 is 5.30. The van der Waals surface area contributed by atoms with Crippen LogP contribution in [0.1, 0.15) is 0 Å². The molecule has 0 spiro atoms. The molecule has 0 atom stereocenters. The number of benzene rings is 2. The number of nitrogens with zero attached hydrogens (tertiary/aromatic N) is 1. The van der Waals surface area contributed by atoms with Crippen molar-refractivity contribution in [3.05, 3.63) is 60.7 Å². The van der Waals surface area contributed by atoms with Gasteiger partial charge in [-0.2, -0.15) is 0 Å². The number of hydrazine groups is 1. The van der Waals surface area contributed by atoms with Gasteiger partial charge in [0.1, 0.15) is 5.75 Å². The van der Waals surface area contributed by atoms with E-state index in [2.05, 4.69) is 10.7 Å². The predicted octanol–water partition coefficient (Wildman–Crippen LogP) is 1.35. The van der Waals surface area contributed by atoms with E-state index >= 15 is 0 Å². The lowest BCUT2D eigenvalue weighted by Crippen LogP contribution is -2.45. The van der Waals surface area contributed by atoms with E-state index < -0.39 is 0 Å². The summed E-state index contributed by atoms with van der Waals surface area (Å²) in [6.45, 7) is -0.250. The Balaban J connectivity index is 1.68. The van der Waals surface area contributed by atoms with Crippen molar-refractivity contribution in [2.45, 2.75) is 0 Å². The van der Waals surface area contributed by atoms with Crippen molar-refractivity contribution < 1.29 is 14.3 Å². The fourth-order valence-electron chi connectivity index (χ4n) is 1.84. The summed E-state index contributed by atoms with van der Waals surface area (Å²) in [7, 11) is 1.73. The summed E-state index contributed by atoms with van der Waals surface area (Å²) in [6, 6.07) is 18.4. The third-order valence-corrected chi connectivity index (χ3v) is 3.00. The van der Waals surface area contributed by atoms with Crippen molar-refractivity contribution in [3.63, 3.8) is 0 Å². The molecule has 0 aromatic heterocycles. The Bertz CT molecular complexity index is 632. The molecular formula is C17H19N3O3. The molecule has 6 heteroatoms. The van der Waals surface area contributed by atoms with Gasteiger partial charge in [-0.3, -0.25) is 20.0 Å². The van der Waals surface area contributed by atoms with Crippen molar-refractivity contribution in [3.8, 4) is 5.75 Å². The number of rotatable bonds is 7. The molecule has 0 saturated carbocycles. The lowest BCUT2D eigenvalue weighted by atomic mass is 10.3. The molecule has 0 saturated heterocycles. The number of hydrogen-bond acceptors (Lipinski definition) is 4. The molecule has 23 heavy (non-hydrogen) atoms. The van der Waals surface area contributed by atoms with Gasteiger partial charge < -0.3 is 10.1 Å². The SMILES string of the molecule is CN(NC(=O)CNC(=O)COc1ccccc1)c1ccccc1. The second kappa shape index (κ2) is 8.43. The first kappa shape index (κ1) is 16.4. The van der Waals surface area contributed by atoms with Gasteiger partial charge in [0.2, 0.25) is 0 Å². The second-order valence-corrected chi connectivity index (χ2v) is 4.81. The molecule has 2 aromatic carbocycles. The predicted molar refractivity (Wildman–Crippen MR) is 87.9 cm³/mol. The molecule has 6 nitrogen and oxygen atoms in total. The Kier molecular flexibility index (Phi) is 5.99. The quantitative estimate of drug-likeness (QED) is 0.757. The summed E-state index contributed by atoms with van der Waals surface area (Å²) in [5.41, 5.74) is 3.51. The zero-order chi connectivity index (χ0) is 16.5. The third kappa shape index (κ3) is 5.70. The van der Waals surface area contributed by atoms with Crippen LogP contribution in [-0.4, -0.2) is 32.0 Å². The number of carbonyl (C=O) groups is 2. The van der Waals surface area contributed by atoms with Crippen LogP contribution < -0.4 is 20.5 Å². The number of ether oxygens (including phenoxy) is 1. The number of nitrogens with one attached hydrogen (secondary N) is 2. The van der Waals surface area contributed by atoms with Gasteiger partial charge >= 0.3 is 0 Å². The highest BCUT2D eigenvalue weighted by Crippen LogP contribution is 2.08. The Morgan fingerprint density at radius 2 is 1.57 bits per heavy atom. The lowest BCUT2D eigenvalue weighted by molar-refractivity contribution is -0.127. The van der Waals surface area contributed by atoms with E-state index in [0.29, 0.717) is 5.75 Å². The Morgan fingerprint density at radius 3 is 2.22 bits per heavy atom. The molecule has 2 rings (SSSR count). The molecule has 2 aromatic rings. The van der Waals surface area contributed by atoms with Gasteiger partial charge in [-0.25, -0.2) is 0 Å². The number of anilines is 1. The summed E-state index contributed by atoms with van der Waals surface area (Å²) in [5, 5.41) is 4.10. The average Bonchev–Trinajstić information content (AvgIpc) is 2.60. The summed E-state index contributed by atoms with van der Waals surface area (Å²) in [5.74, 6) is -0.0632. The van der Waals surface area contributed by atoms with Crippen LogP contribution >= 0.6 is 0 Å². The molecule has 0 aliphatic heterocycles. The summed E-state index contributed by atoms with van der Waals surface area (Å²) in [6.07, 6.45) is 0. The minimum atomic E-state index is -0.355.